The van der Waals surface area contributed by atoms with Crippen molar-refractivity contribution in [3.05, 3.63) is 29.3 Å². The molecule has 1 atom stereocenters. The lowest BCUT2D eigenvalue weighted by Gasteiger charge is -2.10. The van der Waals surface area contributed by atoms with Gasteiger partial charge in [-0.05, 0) is 24.6 Å². The van der Waals surface area contributed by atoms with Gasteiger partial charge in [-0.1, -0.05) is 6.07 Å². The van der Waals surface area contributed by atoms with E-state index in [-0.39, 0.29) is 0 Å². The highest BCUT2D eigenvalue weighted by atomic mass is 16.6. The molecule has 1 aliphatic heterocycles. The summed E-state index contributed by atoms with van der Waals surface area (Å²) in [5, 5.41) is 0. The third-order valence-electron chi connectivity index (χ3n) is 2.62. The van der Waals surface area contributed by atoms with Crippen LogP contribution in [0, 0.1) is 6.92 Å². The Morgan fingerprint density at radius 1 is 1.53 bits per heavy atom. The summed E-state index contributed by atoms with van der Waals surface area (Å²) in [4.78, 5) is 23.0. The van der Waals surface area contributed by atoms with Gasteiger partial charge in [-0.2, -0.15) is 0 Å². The number of hydrogen-bond acceptors (Lipinski definition) is 5. The fourth-order valence-electron chi connectivity index (χ4n) is 1.64. The Morgan fingerprint density at radius 3 is 2.94 bits per heavy atom. The van der Waals surface area contributed by atoms with Crippen LogP contribution in [-0.2, 0) is 14.3 Å². The van der Waals surface area contributed by atoms with Gasteiger partial charge in [0.15, 0.2) is 0 Å². The van der Waals surface area contributed by atoms with E-state index in [9.17, 15) is 9.59 Å². The van der Waals surface area contributed by atoms with Gasteiger partial charge in [0.25, 0.3) is 0 Å². The number of hydrogen-bond donors (Lipinski definition) is 1. The average molecular weight is 235 g/mol. The Labute approximate surface area is 98.5 Å². The Balaban J connectivity index is 2.14. The highest BCUT2D eigenvalue weighted by Gasteiger charge is 2.30. The van der Waals surface area contributed by atoms with Gasteiger partial charge in [-0.3, -0.25) is 0 Å². The van der Waals surface area contributed by atoms with E-state index in [1.165, 1.54) is 6.07 Å². The lowest BCUT2D eigenvalue weighted by Crippen LogP contribution is -2.23. The highest BCUT2D eigenvalue weighted by molar-refractivity contribution is 5.93. The number of benzene rings is 1. The zero-order valence-corrected chi connectivity index (χ0v) is 9.43. The van der Waals surface area contributed by atoms with Crippen molar-refractivity contribution in [2.45, 2.75) is 19.4 Å². The molecule has 90 valence electrons. The fraction of sp³-hybridized carbons (Fsp3) is 0.333. The van der Waals surface area contributed by atoms with Gasteiger partial charge in [-0.15, -0.1) is 0 Å². The zero-order valence-electron chi connectivity index (χ0n) is 9.43. The minimum absolute atomic E-state index is 0.298. The molecule has 5 heteroatoms. The molecule has 0 spiro atoms. The number of carbonyl (C=O) groups excluding carboxylic acids is 2. The van der Waals surface area contributed by atoms with Crippen molar-refractivity contribution in [2.75, 3.05) is 12.3 Å². The lowest BCUT2D eigenvalue weighted by atomic mass is 10.1. The summed E-state index contributed by atoms with van der Waals surface area (Å²) in [5.41, 5.74) is 7.22. The Morgan fingerprint density at radius 2 is 2.29 bits per heavy atom. The summed E-state index contributed by atoms with van der Waals surface area (Å²) in [7, 11) is 0. The van der Waals surface area contributed by atoms with Gasteiger partial charge in [0.1, 0.15) is 0 Å². The highest BCUT2D eigenvalue weighted by Crippen LogP contribution is 2.17. The summed E-state index contributed by atoms with van der Waals surface area (Å²) in [5.74, 6) is -1.03. The minimum Gasteiger partial charge on any atom is -0.463 e. The maximum Gasteiger partial charge on any atom is 0.347 e. The van der Waals surface area contributed by atoms with E-state index in [2.05, 4.69) is 0 Å². The van der Waals surface area contributed by atoms with Crippen LogP contribution >= 0.6 is 0 Å². The van der Waals surface area contributed by atoms with Crippen LogP contribution in [0.1, 0.15) is 22.3 Å². The molecule has 1 fully saturated rings. The molecule has 1 saturated heterocycles. The molecular formula is C12H13NO4. The minimum atomic E-state index is -0.789. The molecule has 17 heavy (non-hydrogen) atoms. The van der Waals surface area contributed by atoms with Crippen LogP contribution in [0.15, 0.2) is 18.2 Å². The van der Waals surface area contributed by atoms with E-state index in [1.54, 1.807) is 19.1 Å². The first-order chi connectivity index (χ1) is 8.08. The summed E-state index contributed by atoms with van der Waals surface area (Å²) in [6, 6.07) is 4.98. The zero-order chi connectivity index (χ0) is 12.4. The van der Waals surface area contributed by atoms with Crippen LogP contribution in [0.2, 0.25) is 0 Å². The van der Waals surface area contributed by atoms with Crippen LogP contribution in [0.25, 0.3) is 0 Å². The number of aryl methyl sites for hydroxylation is 1. The third kappa shape index (κ3) is 2.38. The summed E-state index contributed by atoms with van der Waals surface area (Å²) in [6.45, 7) is 2.08. The van der Waals surface area contributed by atoms with Gasteiger partial charge in [0.05, 0.1) is 12.2 Å². The first-order valence-corrected chi connectivity index (χ1v) is 5.31. The van der Waals surface area contributed by atoms with Crippen molar-refractivity contribution < 1.29 is 19.1 Å². The second kappa shape index (κ2) is 4.45. The van der Waals surface area contributed by atoms with Crippen LogP contribution < -0.4 is 5.73 Å². The first kappa shape index (κ1) is 11.4. The molecular weight excluding hydrogens is 222 g/mol. The number of carbonyl (C=O) groups is 2. The smallest absolute Gasteiger partial charge is 0.347 e. The molecule has 0 aromatic heterocycles. The van der Waals surface area contributed by atoms with Crippen molar-refractivity contribution in [3.63, 3.8) is 0 Å². The quantitative estimate of drug-likeness (QED) is 0.612. The van der Waals surface area contributed by atoms with Crippen LogP contribution in [0.5, 0.6) is 0 Å². The molecule has 1 heterocycles. The predicted molar refractivity (Wildman–Crippen MR) is 60.4 cm³/mol. The van der Waals surface area contributed by atoms with Crippen LogP contribution in [0.4, 0.5) is 5.69 Å². The number of cyclic esters (lactones) is 1. The van der Waals surface area contributed by atoms with Gasteiger partial charge in [-0.25, -0.2) is 9.59 Å². The first-order valence-electron chi connectivity index (χ1n) is 5.31. The largest absolute Gasteiger partial charge is 0.463 e. The molecule has 1 aliphatic rings. The molecule has 0 radical (unpaired) electrons. The molecule has 1 unspecified atom stereocenters. The van der Waals surface area contributed by atoms with Gasteiger partial charge in [0.2, 0.25) is 6.10 Å². The number of esters is 2. The molecule has 0 aliphatic carbocycles. The Bertz CT molecular complexity index is 470. The normalized spacial score (nSPS) is 18.9. The number of ether oxygens (including phenoxy) is 2. The van der Waals surface area contributed by atoms with E-state index in [0.29, 0.717) is 24.3 Å². The molecule has 1 aromatic rings. The topological polar surface area (TPSA) is 78.6 Å². The third-order valence-corrected chi connectivity index (χ3v) is 2.62. The Kier molecular flexibility index (Phi) is 2.99. The molecule has 0 bridgehead atoms. The maximum absolute atomic E-state index is 11.8. The molecule has 2 N–H and O–H groups in total. The maximum atomic E-state index is 11.8. The predicted octanol–water partition coefficient (Wildman–Crippen LogP) is 1.05. The van der Waals surface area contributed by atoms with E-state index in [4.69, 9.17) is 15.2 Å². The van der Waals surface area contributed by atoms with E-state index >= 15 is 0 Å². The second-order valence-corrected chi connectivity index (χ2v) is 3.92. The second-order valence-electron chi connectivity index (χ2n) is 3.92. The van der Waals surface area contributed by atoms with Gasteiger partial charge < -0.3 is 15.2 Å². The number of nitrogens with two attached hydrogens (primary N) is 1. The summed E-state index contributed by atoms with van der Waals surface area (Å²) in [6.07, 6.45) is -0.380. The monoisotopic (exact) mass is 235 g/mol. The SMILES string of the molecule is Cc1ccc(N)cc1C(=O)OC1CCOC1=O. The standard InChI is InChI=1S/C12H13NO4/c1-7-2-3-8(13)6-9(7)11(14)17-10-4-5-16-12(10)15/h2-3,6,10H,4-5,13H2,1H3. The average Bonchev–Trinajstić information content (AvgIpc) is 2.68. The van der Waals surface area contributed by atoms with Gasteiger partial charge in [0, 0.05) is 12.1 Å². The molecule has 2 rings (SSSR count). The van der Waals surface area contributed by atoms with Crippen LogP contribution in [0.3, 0.4) is 0 Å². The molecule has 1 aromatic carbocycles. The number of anilines is 1. The van der Waals surface area contributed by atoms with Crippen LogP contribution in [-0.4, -0.2) is 24.6 Å². The van der Waals surface area contributed by atoms with E-state index in [0.717, 1.165) is 5.56 Å². The van der Waals surface area contributed by atoms with Crippen molar-refractivity contribution in [2.24, 2.45) is 0 Å². The summed E-state index contributed by atoms with van der Waals surface area (Å²) < 4.78 is 9.79. The van der Waals surface area contributed by atoms with Gasteiger partial charge >= 0.3 is 11.9 Å². The number of nitrogen functional groups attached to an aromatic ring is 1. The van der Waals surface area contributed by atoms with Crippen molar-refractivity contribution >= 4 is 17.6 Å². The van der Waals surface area contributed by atoms with Crippen molar-refractivity contribution in [1.82, 2.24) is 0 Å². The molecule has 0 amide bonds. The van der Waals surface area contributed by atoms with Crippen molar-refractivity contribution in [1.29, 1.82) is 0 Å². The summed E-state index contributed by atoms with van der Waals surface area (Å²) >= 11 is 0. The van der Waals surface area contributed by atoms with Crippen molar-refractivity contribution in [3.8, 4) is 0 Å². The number of rotatable bonds is 2. The van der Waals surface area contributed by atoms with E-state index < -0.39 is 18.0 Å². The fourth-order valence-corrected chi connectivity index (χ4v) is 1.64. The van der Waals surface area contributed by atoms with E-state index in [1.807, 2.05) is 0 Å². The lowest BCUT2D eigenvalue weighted by molar-refractivity contribution is -0.145. The molecule has 5 nitrogen and oxygen atoms in total. The molecule has 0 saturated carbocycles. The Hall–Kier alpha value is -2.04.